The topological polar surface area (TPSA) is 67.3 Å². The lowest BCUT2D eigenvalue weighted by Crippen LogP contribution is -2.44. The molecule has 0 atom stereocenters. The molecule has 0 N–H and O–H groups in total. The zero-order chi connectivity index (χ0) is 14.2. The molecular formula is C14H14N2O3S. The number of carbonyl (C=O) groups is 1. The molecule has 20 heavy (non-hydrogen) atoms. The summed E-state index contributed by atoms with van der Waals surface area (Å²) in [4.78, 5) is 18.2. The van der Waals surface area contributed by atoms with Crippen molar-refractivity contribution in [3.05, 3.63) is 42.1 Å². The van der Waals surface area contributed by atoms with Crippen molar-refractivity contribution in [3.63, 3.8) is 0 Å². The fourth-order valence-corrected chi connectivity index (χ4v) is 3.46. The number of sulfone groups is 1. The molecule has 2 aromatic rings. The van der Waals surface area contributed by atoms with Crippen molar-refractivity contribution < 1.29 is 13.2 Å². The third-order valence-electron chi connectivity index (χ3n) is 3.45. The number of para-hydroxylation sites is 1. The molecule has 0 bridgehead atoms. The molecule has 1 fully saturated rings. The second-order valence-electron chi connectivity index (χ2n) is 4.83. The van der Waals surface area contributed by atoms with Gasteiger partial charge in [-0.15, -0.1) is 0 Å². The fraction of sp³-hybridized carbons (Fsp3) is 0.286. The zero-order valence-corrected chi connectivity index (χ0v) is 11.6. The van der Waals surface area contributed by atoms with Crippen LogP contribution in [0.3, 0.4) is 0 Å². The van der Waals surface area contributed by atoms with Crippen LogP contribution in [0, 0.1) is 0 Å². The van der Waals surface area contributed by atoms with E-state index in [9.17, 15) is 13.2 Å². The molecule has 1 saturated heterocycles. The molecule has 0 saturated carbocycles. The van der Waals surface area contributed by atoms with Gasteiger partial charge >= 0.3 is 0 Å². The van der Waals surface area contributed by atoms with Crippen LogP contribution in [0.25, 0.3) is 10.9 Å². The van der Waals surface area contributed by atoms with Gasteiger partial charge in [-0.3, -0.25) is 4.79 Å². The molecule has 5 nitrogen and oxygen atoms in total. The summed E-state index contributed by atoms with van der Waals surface area (Å²) in [5.41, 5.74) is 1.13. The van der Waals surface area contributed by atoms with Crippen LogP contribution in [0.1, 0.15) is 10.5 Å². The van der Waals surface area contributed by atoms with E-state index in [4.69, 9.17) is 0 Å². The van der Waals surface area contributed by atoms with Crippen molar-refractivity contribution in [1.82, 2.24) is 9.88 Å². The Labute approximate surface area is 117 Å². The molecule has 1 amide bonds. The maximum atomic E-state index is 12.3. The zero-order valence-electron chi connectivity index (χ0n) is 10.8. The lowest BCUT2D eigenvalue weighted by atomic mass is 10.2. The molecule has 104 valence electrons. The normalized spacial score (nSPS) is 18.1. The second-order valence-corrected chi connectivity index (χ2v) is 7.14. The summed E-state index contributed by atoms with van der Waals surface area (Å²) in [7, 11) is -2.98. The number of amides is 1. The summed E-state index contributed by atoms with van der Waals surface area (Å²) in [5.74, 6) is -0.135. The lowest BCUT2D eigenvalue weighted by Gasteiger charge is -2.26. The molecule has 2 heterocycles. The molecule has 3 rings (SSSR count). The maximum Gasteiger partial charge on any atom is 0.272 e. The predicted molar refractivity (Wildman–Crippen MR) is 76.3 cm³/mol. The number of aromatic nitrogens is 1. The number of hydrogen-bond donors (Lipinski definition) is 0. The van der Waals surface area contributed by atoms with Crippen LogP contribution in [-0.4, -0.2) is 48.8 Å². The Morgan fingerprint density at radius 1 is 1.05 bits per heavy atom. The van der Waals surface area contributed by atoms with Crippen molar-refractivity contribution in [1.29, 1.82) is 0 Å². The fourth-order valence-electron chi connectivity index (χ4n) is 2.26. The molecule has 1 aliphatic rings. The summed E-state index contributed by atoms with van der Waals surface area (Å²) in [6.07, 6.45) is 0. The van der Waals surface area contributed by atoms with Gasteiger partial charge in [-0.05, 0) is 12.1 Å². The number of nitrogens with zero attached hydrogens (tertiary/aromatic N) is 2. The number of fused-ring (bicyclic) bond motifs is 1. The van der Waals surface area contributed by atoms with Crippen molar-refractivity contribution in [2.24, 2.45) is 0 Å². The van der Waals surface area contributed by atoms with Gasteiger partial charge in [0.25, 0.3) is 5.91 Å². The van der Waals surface area contributed by atoms with E-state index >= 15 is 0 Å². The molecular weight excluding hydrogens is 276 g/mol. The molecule has 0 aliphatic carbocycles. The third-order valence-corrected chi connectivity index (χ3v) is 5.06. The first-order valence-corrected chi connectivity index (χ1v) is 8.23. The van der Waals surface area contributed by atoms with E-state index in [1.54, 1.807) is 11.0 Å². The Hall–Kier alpha value is -1.95. The molecule has 6 heteroatoms. The van der Waals surface area contributed by atoms with Gasteiger partial charge in [-0.25, -0.2) is 13.4 Å². The van der Waals surface area contributed by atoms with Crippen LogP contribution in [0.5, 0.6) is 0 Å². The van der Waals surface area contributed by atoms with E-state index < -0.39 is 9.84 Å². The average Bonchev–Trinajstić information content (AvgIpc) is 2.46. The van der Waals surface area contributed by atoms with Gasteiger partial charge in [0.05, 0.1) is 17.0 Å². The van der Waals surface area contributed by atoms with E-state index in [1.165, 1.54) is 0 Å². The highest BCUT2D eigenvalue weighted by atomic mass is 32.2. The standard InChI is InChI=1S/C14H14N2O3S/c17-14(16-7-9-20(18,19)10-8-16)13-6-5-11-3-1-2-4-12(11)15-13/h1-6H,7-10H2. The molecule has 1 aromatic heterocycles. The Bertz CT molecular complexity index is 757. The molecule has 0 radical (unpaired) electrons. The van der Waals surface area contributed by atoms with E-state index in [0.29, 0.717) is 5.69 Å². The molecule has 0 unspecified atom stereocenters. The van der Waals surface area contributed by atoms with Crippen LogP contribution >= 0.6 is 0 Å². The third kappa shape index (κ3) is 2.51. The van der Waals surface area contributed by atoms with Gasteiger partial charge < -0.3 is 4.90 Å². The molecule has 1 aliphatic heterocycles. The number of carbonyl (C=O) groups excluding carboxylic acids is 1. The van der Waals surface area contributed by atoms with Crippen LogP contribution in [0.4, 0.5) is 0 Å². The summed E-state index contributed by atoms with van der Waals surface area (Å²) in [5, 5.41) is 0.977. The summed E-state index contributed by atoms with van der Waals surface area (Å²) in [6.45, 7) is 0.491. The van der Waals surface area contributed by atoms with Crippen LogP contribution < -0.4 is 0 Å². The SMILES string of the molecule is O=C(c1ccc2ccccc2n1)N1CCS(=O)(=O)CC1. The summed E-state index contributed by atoms with van der Waals surface area (Å²) < 4.78 is 22.8. The van der Waals surface area contributed by atoms with Crippen LogP contribution in [0.15, 0.2) is 36.4 Å². The van der Waals surface area contributed by atoms with E-state index in [2.05, 4.69) is 4.98 Å². The minimum absolute atomic E-state index is 0.0340. The molecule has 1 aromatic carbocycles. The van der Waals surface area contributed by atoms with Gasteiger partial charge in [-0.1, -0.05) is 24.3 Å². The number of rotatable bonds is 1. The summed E-state index contributed by atoms with van der Waals surface area (Å²) in [6, 6.07) is 11.1. The van der Waals surface area contributed by atoms with Gasteiger partial charge in [0.1, 0.15) is 5.69 Å². The first-order valence-electron chi connectivity index (χ1n) is 6.41. The minimum Gasteiger partial charge on any atom is -0.335 e. The average molecular weight is 290 g/mol. The first kappa shape index (κ1) is 13.1. The smallest absolute Gasteiger partial charge is 0.272 e. The quantitative estimate of drug-likeness (QED) is 0.789. The van der Waals surface area contributed by atoms with Gasteiger partial charge in [0.15, 0.2) is 9.84 Å². The minimum atomic E-state index is -2.98. The Morgan fingerprint density at radius 2 is 1.75 bits per heavy atom. The van der Waals surface area contributed by atoms with E-state index in [0.717, 1.165) is 10.9 Å². The Morgan fingerprint density at radius 3 is 2.50 bits per heavy atom. The van der Waals surface area contributed by atoms with Gasteiger partial charge in [0, 0.05) is 18.5 Å². The number of hydrogen-bond acceptors (Lipinski definition) is 4. The maximum absolute atomic E-state index is 12.3. The van der Waals surface area contributed by atoms with Crippen LogP contribution in [0.2, 0.25) is 0 Å². The van der Waals surface area contributed by atoms with Crippen molar-refractivity contribution in [2.75, 3.05) is 24.6 Å². The van der Waals surface area contributed by atoms with Gasteiger partial charge in [0.2, 0.25) is 0 Å². The highest BCUT2D eigenvalue weighted by Crippen LogP contribution is 2.14. The molecule has 0 spiro atoms. The summed E-state index contributed by atoms with van der Waals surface area (Å²) >= 11 is 0. The van der Waals surface area contributed by atoms with E-state index in [1.807, 2.05) is 30.3 Å². The highest BCUT2D eigenvalue weighted by Gasteiger charge is 2.26. The monoisotopic (exact) mass is 290 g/mol. The van der Waals surface area contributed by atoms with Crippen molar-refractivity contribution in [3.8, 4) is 0 Å². The first-order chi connectivity index (χ1) is 9.55. The van der Waals surface area contributed by atoms with E-state index in [-0.39, 0.29) is 30.5 Å². The Balaban J connectivity index is 1.86. The largest absolute Gasteiger partial charge is 0.335 e. The lowest BCUT2D eigenvalue weighted by molar-refractivity contribution is 0.0765. The van der Waals surface area contributed by atoms with Gasteiger partial charge in [-0.2, -0.15) is 0 Å². The van der Waals surface area contributed by atoms with Crippen LogP contribution in [-0.2, 0) is 9.84 Å². The number of pyridine rings is 1. The second kappa shape index (κ2) is 4.86. The predicted octanol–water partition coefficient (Wildman–Crippen LogP) is 1.11. The van der Waals surface area contributed by atoms with Crippen molar-refractivity contribution >= 4 is 26.6 Å². The Kier molecular flexibility index (Phi) is 3.17. The highest BCUT2D eigenvalue weighted by molar-refractivity contribution is 7.91. The number of benzene rings is 1. The van der Waals surface area contributed by atoms with Crippen molar-refractivity contribution in [2.45, 2.75) is 0 Å².